The second kappa shape index (κ2) is 12.7. The van der Waals surface area contributed by atoms with E-state index < -0.39 is 9.84 Å². The number of ether oxygens (including phenoxy) is 1. The van der Waals surface area contributed by atoms with Crippen LogP contribution >= 0.6 is 0 Å². The van der Waals surface area contributed by atoms with Gasteiger partial charge < -0.3 is 19.4 Å². The minimum Gasteiger partial charge on any atom is -0.462 e. The van der Waals surface area contributed by atoms with Gasteiger partial charge in [-0.1, -0.05) is 24.3 Å². The van der Waals surface area contributed by atoms with Gasteiger partial charge in [-0.3, -0.25) is 9.78 Å². The highest BCUT2D eigenvalue weighted by Gasteiger charge is 2.54. The zero-order valence-electron chi connectivity index (χ0n) is 27.1. The third-order valence-electron chi connectivity index (χ3n) is 11.2. The molecule has 2 saturated heterocycles. The second-order valence-electron chi connectivity index (χ2n) is 14.1. The number of sulfone groups is 1. The minimum absolute atomic E-state index is 0.000794. The van der Waals surface area contributed by atoms with Crippen LogP contribution in [0.25, 0.3) is 0 Å². The lowest BCUT2D eigenvalue weighted by molar-refractivity contribution is -0.150. The van der Waals surface area contributed by atoms with Crippen molar-refractivity contribution >= 4 is 21.5 Å². The molecular weight excluding hydrogens is 596 g/mol. The molecule has 8 nitrogen and oxygen atoms in total. The summed E-state index contributed by atoms with van der Waals surface area (Å²) in [5, 5.41) is 0. The largest absolute Gasteiger partial charge is 0.462 e. The van der Waals surface area contributed by atoms with Gasteiger partial charge in [0.25, 0.3) is 0 Å². The van der Waals surface area contributed by atoms with Crippen molar-refractivity contribution in [3.8, 4) is 0 Å². The van der Waals surface area contributed by atoms with Gasteiger partial charge >= 0.3 is 5.97 Å². The number of carbonyl (C=O) groups excluding carboxylic acids is 1. The number of likely N-dealkylation sites (N-methyl/N-ethyl adjacent to an activating group) is 1. The summed E-state index contributed by atoms with van der Waals surface area (Å²) in [6, 6.07) is 19.4. The Bertz CT molecular complexity index is 1640. The summed E-state index contributed by atoms with van der Waals surface area (Å²) in [7, 11) is -1.29. The molecule has 4 heterocycles. The minimum atomic E-state index is -3.54. The van der Waals surface area contributed by atoms with E-state index in [1.165, 1.54) is 35.7 Å². The smallest absolute Gasteiger partial charge is 0.302 e. The van der Waals surface area contributed by atoms with E-state index in [0.717, 1.165) is 83.6 Å². The molecule has 3 fully saturated rings. The first-order valence-corrected chi connectivity index (χ1v) is 18.4. The number of nitrogens with zero attached hydrogens (tertiary/aromatic N) is 4. The van der Waals surface area contributed by atoms with Crippen molar-refractivity contribution in [1.29, 1.82) is 0 Å². The number of rotatable bonds is 8. The first-order chi connectivity index (χ1) is 22.2. The summed E-state index contributed by atoms with van der Waals surface area (Å²) in [5.74, 6) is 1.35. The lowest BCUT2D eigenvalue weighted by Crippen LogP contribution is -2.58. The van der Waals surface area contributed by atoms with Crippen LogP contribution in [0.2, 0.25) is 0 Å². The van der Waals surface area contributed by atoms with Crippen molar-refractivity contribution in [2.75, 3.05) is 51.2 Å². The van der Waals surface area contributed by atoms with Gasteiger partial charge in [0.05, 0.1) is 9.79 Å². The van der Waals surface area contributed by atoms with Gasteiger partial charge in [0.1, 0.15) is 6.10 Å². The van der Waals surface area contributed by atoms with Crippen LogP contribution in [-0.4, -0.2) is 81.6 Å². The van der Waals surface area contributed by atoms with Crippen LogP contribution in [0, 0.1) is 17.8 Å². The highest BCUT2D eigenvalue weighted by atomic mass is 32.2. The summed E-state index contributed by atoms with van der Waals surface area (Å²) in [4.78, 5) is 24.2. The van der Waals surface area contributed by atoms with Crippen LogP contribution in [0.1, 0.15) is 50.2 Å². The van der Waals surface area contributed by atoms with Crippen molar-refractivity contribution in [3.05, 3.63) is 84.2 Å². The molecule has 3 aromatic rings. The molecule has 0 radical (unpaired) electrons. The maximum atomic E-state index is 13.0. The molecule has 7 rings (SSSR count). The number of hydrogen-bond donors (Lipinski definition) is 0. The first-order valence-electron chi connectivity index (χ1n) is 16.9. The SMILES string of the molecule is CC(=O)O[C@H]1CCC[C@@H]1C1(C2CCN(CC3CN(c4ccc(S(=O)(=O)c5ccncc5)cc4)C3)CC2)CN(C)Cc2ccccc21. The summed E-state index contributed by atoms with van der Waals surface area (Å²) in [6.07, 6.45) is 8.55. The van der Waals surface area contributed by atoms with Crippen LogP contribution in [-0.2, 0) is 31.3 Å². The molecule has 0 bridgehead atoms. The Hall–Kier alpha value is -3.27. The lowest BCUT2D eigenvalue weighted by Gasteiger charge is -2.54. The number of esters is 1. The average molecular weight is 643 g/mol. The Morgan fingerprint density at radius 2 is 1.63 bits per heavy atom. The average Bonchev–Trinajstić information content (AvgIpc) is 3.51. The van der Waals surface area contributed by atoms with Crippen molar-refractivity contribution in [2.24, 2.45) is 17.8 Å². The van der Waals surface area contributed by atoms with Crippen molar-refractivity contribution in [3.63, 3.8) is 0 Å². The number of carbonyl (C=O) groups is 1. The molecule has 3 atom stereocenters. The Balaban J connectivity index is 0.994. The fraction of sp³-hybridized carbons (Fsp3) is 0.514. The van der Waals surface area contributed by atoms with Crippen LogP contribution in [0.15, 0.2) is 82.8 Å². The van der Waals surface area contributed by atoms with Gasteiger partial charge in [0.2, 0.25) is 9.84 Å². The first kappa shape index (κ1) is 31.3. The fourth-order valence-electron chi connectivity index (χ4n) is 9.21. The molecule has 244 valence electrons. The molecule has 0 amide bonds. The molecule has 1 aromatic heterocycles. The third kappa shape index (κ3) is 5.86. The number of piperidine rings is 1. The van der Waals surface area contributed by atoms with E-state index in [1.807, 2.05) is 12.1 Å². The van der Waals surface area contributed by atoms with Gasteiger partial charge in [-0.15, -0.1) is 0 Å². The predicted octanol–water partition coefficient (Wildman–Crippen LogP) is 5.18. The monoisotopic (exact) mass is 642 g/mol. The molecular formula is C37H46N4O4S. The number of fused-ring (bicyclic) bond motifs is 1. The van der Waals surface area contributed by atoms with Crippen molar-refractivity contribution < 1.29 is 17.9 Å². The van der Waals surface area contributed by atoms with E-state index >= 15 is 0 Å². The van der Waals surface area contributed by atoms with E-state index in [-0.39, 0.29) is 22.4 Å². The molecule has 1 aliphatic carbocycles. The molecule has 0 spiro atoms. The maximum Gasteiger partial charge on any atom is 0.302 e. The van der Waals surface area contributed by atoms with Crippen molar-refractivity contribution in [2.45, 2.75) is 66.9 Å². The highest BCUT2D eigenvalue weighted by Crippen LogP contribution is 2.54. The van der Waals surface area contributed by atoms with Crippen molar-refractivity contribution in [1.82, 2.24) is 14.8 Å². The molecule has 0 N–H and O–H groups in total. The molecule has 1 unspecified atom stereocenters. The molecule has 3 aliphatic heterocycles. The predicted molar refractivity (Wildman–Crippen MR) is 178 cm³/mol. The van der Waals surface area contributed by atoms with Crippen LogP contribution < -0.4 is 4.90 Å². The summed E-state index contributed by atoms with van der Waals surface area (Å²) in [6.45, 7) is 8.84. The quantitative estimate of drug-likeness (QED) is 0.311. The van der Waals surface area contributed by atoms with Gasteiger partial charge in [-0.25, -0.2) is 8.42 Å². The number of benzene rings is 2. The standard InChI is InChI=1S/C37H46N4O4S/c1-27(42)45-36-9-5-8-35(36)37(26-39(2)25-29-6-3-4-7-34(29)37)30-16-20-40(21-17-30)22-28-23-41(24-28)31-10-12-32(13-11-31)46(43,44)33-14-18-38-19-15-33/h3-4,6-7,10-15,18-19,28,30,35-36H,5,8-9,16-17,20-26H2,1-2H3/t35-,36-,37?/m0/s1. The normalized spacial score (nSPS) is 26.4. The van der Waals surface area contributed by atoms with Gasteiger partial charge in [0, 0.05) is 75.0 Å². The second-order valence-corrected chi connectivity index (χ2v) is 16.0. The molecule has 1 saturated carbocycles. The Kier molecular flexibility index (Phi) is 8.67. The maximum absolute atomic E-state index is 13.0. The van der Waals surface area contributed by atoms with E-state index in [4.69, 9.17) is 4.74 Å². The zero-order chi connectivity index (χ0) is 31.9. The van der Waals surface area contributed by atoms with Crippen LogP contribution in [0.5, 0.6) is 0 Å². The molecule has 4 aliphatic rings. The lowest BCUT2D eigenvalue weighted by atomic mass is 9.56. The zero-order valence-corrected chi connectivity index (χ0v) is 27.9. The number of pyridine rings is 1. The van der Waals surface area contributed by atoms with E-state index in [0.29, 0.717) is 22.6 Å². The Labute approximate surface area is 273 Å². The summed E-state index contributed by atoms with van der Waals surface area (Å²) < 4.78 is 31.9. The van der Waals surface area contributed by atoms with E-state index in [1.54, 1.807) is 19.1 Å². The highest BCUT2D eigenvalue weighted by molar-refractivity contribution is 7.91. The van der Waals surface area contributed by atoms with Gasteiger partial charge in [-0.2, -0.15) is 0 Å². The molecule has 2 aromatic carbocycles. The third-order valence-corrected chi connectivity index (χ3v) is 13.0. The fourth-order valence-corrected chi connectivity index (χ4v) is 10.5. The number of likely N-dealkylation sites (tertiary alicyclic amines) is 1. The Morgan fingerprint density at radius 1 is 0.935 bits per heavy atom. The van der Waals surface area contributed by atoms with Gasteiger partial charge in [0.15, 0.2) is 0 Å². The topological polar surface area (TPSA) is 83.0 Å². The number of anilines is 1. The van der Waals surface area contributed by atoms with E-state index in [2.05, 4.69) is 51.0 Å². The van der Waals surface area contributed by atoms with E-state index in [9.17, 15) is 13.2 Å². The molecule has 9 heteroatoms. The Morgan fingerprint density at radius 3 is 2.35 bits per heavy atom. The molecule has 46 heavy (non-hydrogen) atoms. The van der Waals surface area contributed by atoms with Crippen LogP contribution in [0.3, 0.4) is 0 Å². The summed E-state index contributed by atoms with van der Waals surface area (Å²) in [5.41, 5.74) is 4.01. The van der Waals surface area contributed by atoms with Crippen LogP contribution in [0.4, 0.5) is 5.69 Å². The number of aromatic nitrogens is 1. The van der Waals surface area contributed by atoms with Gasteiger partial charge in [-0.05, 0) is 106 Å². The number of hydrogen-bond acceptors (Lipinski definition) is 8. The summed E-state index contributed by atoms with van der Waals surface area (Å²) >= 11 is 0.